The number of ether oxygens (including phenoxy) is 1. The van der Waals surface area contributed by atoms with Gasteiger partial charge in [-0.15, -0.1) is 0 Å². The van der Waals surface area contributed by atoms with Crippen LogP contribution in [0.25, 0.3) is 0 Å². The molecule has 0 aliphatic rings. The summed E-state index contributed by atoms with van der Waals surface area (Å²) < 4.78 is 49.6. The first-order valence-electron chi connectivity index (χ1n) is 3.50. The van der Waals surface area contributed by atoms with Gasteiger partial charge in [-0.2, -0.15) is 8.78 Å². The molecular weight excluding hydrogens is 273 g/mol. The van der Waals surface area contributed by atoms with E-state index in [2.05, 4.69) is 4.74 Å². The average molecular weight is 277 g/mol. The van der Waals surface area contributed by atoms with Crippen molar-refractivity contribution in [3.63, 3.8) is 0 Å². The third-order valence-electron chi connectivity index (χ3n) is 1.41. The van der Waals surface area contributed by atoms with Crippen molar-refractivity contribution in [2.45, 2.75) is 11.5 Å². The Labute approximate surface area is 94.0 Å². The molecule has 0 radical (unpaired) electrons. The van der Waals surface area contributed by atoms with E-state index in [1.165, 1.54) is 6.07 Å². The molecule has 0 unspecified atom stereocenters. The van der Waals surface area contributed by atoms with Crippen LogP contribution in [-0.4, -0.2) is 15.0 Å². The van der Waals surface area contributed by atoms with Crippen molar-refractivity contribution < 1.29 is 21.9 Å². The lowest BCUT2D eigenvalue weighted by Crippen LogP contribution is -2.03. The van der Waals surface area contributed by atoms with Crippen molar-refractivity contribution in [3.05, 3.63) is 23.2 Å². The summed E-state index contributed by atoms with van der Waals surface area (Å²) in [5.74, 6) is -0.437. The lowest BCUT2D eigenvalue weighted by molar-refractivity contribution is -0.0499. The van der Waals surface area contributed by atoms with Gasteiger partial charge in [0.25, 0.3) is 9.05 Å². The Kier molecular flexibility index (Phi) is 3.75. The van der Waals surface area contributed by atoms with Crippen molar-refractivity contribution in [3.8, 4) is 5.75 Å². The van der Waals surface area contributed by atoms with E-state index < -0.39 is 31.3 Å². The van der Waals surface area contributed by atoms with E-state index in [-0.39, 0.29) is 0 Å². The minimum absolute atomic E-state index is 0.437. The molecule has 0 atom stereocenters. The molecule has 0 aliphatic carbocycles. The van der Waals surface area contributed by atoms with E-state index in [4.69, 9.17) is 22.3 Å². The Morgan fingerprint density at radius 1 is 1.33 bits per heavy atom. The zero-order valence-corrected chi connectivity index (χ0v) is 9.28. The molecule has 0 amide bonds. The highest BCUT2D eigenvalue weighted by Gasteiger charge is 2.19. The topological polar surface area (TPSA) is 43.4 Å². The molecular formula is C7H4Cl2F2O3S. The number of hydrogen-bond acceptors (Lipinski definition) is 3. The van der Waals surface area contributed by atoms with Crippen LogP contribution in [0, 0.1) is 0 Å². The van der Waals surface area contributed by atoms with Crippen molar-refractivity contribution in [1.29, 1.82) is 0 Å². The summed E-state index contributed by atoms with van der Waals surface area (Å²) in [5, 5.41) is -0.465. The number of halogens is 4. The maximum Gasteiger partial charge on any atom is 0.387 e. The summed E-state index contributed by atoms with van der Waals surface area (Å²) in [6.45, 7) is -3.09. The number of hydrogen-bond donors (Lipinski definition) is 0. The monoisotopic (exact) mass is 276 g/mol. The van der Waals surface area contributed by atoms with Crippen LogP contribution >= 0.6 is 22.3 Å². The van der Waals surface area contributed by atoms with Gasteiger partial charge in [0, 0.05) is 10.7 Å². The smallest absolute Gasteiger partial charge is 0.387 e. The molecule has 15 heavy (non-hydrogen) atoms. The Hall–Kier alpha value is -0.590. The summed E-state index contributed by atoms with van der Waals surface area (Å²) in [5.41, 5.74) is 0. The fraction of sp³-hybridized carbons (Fsp3) is 0.143. The van der Waals surface area contributed by atoms with Crippen molar-refractivity contribution in [1.82, 2.24) is 0 Å². The van der Waals surface area contributed by atoms with Gasteiger partial charge >= 0.3 is 6.61 Å². The quantitative estimate of drug-likeness (QED) is 0.798. The molecule has 84 valence electrons. The Morgan fingerprint density at radius 2 is 1.93 bits per heavy atom. The van der Waals surface area contributed by atoms with Gasteiger partial charge < -0.3 is 4.74 Å². The molecule has 0 aromatic heterocycles. The second-order valence-electron chi connectivity index (χ2n) is 2.38. The first kappa shape index (κ1) is 12.5. The molecule has 0 saturated carbocycles. The zero-order chi connectivity index (χ0) is 11.6. The van der Waals surface area contributed by atoms with Crippen LogP contribution in [0.3, 0.4) is 0 Å². The third kappa shape index (κ3) is 3.19. The van der Waals surface area contributed by atoms with Gasteiger partial charge in [-0.3, -0.25) is 0 Å². The second-order valence-corrected chi connectivity index (χ2v) is 5.30. The van der Waals surface area contributed by atoms with Crippen LogP contribution in [0.4, 0.5) is 8.78 Å². The molecule has 3 nitrogen and oxygen atoms in total. The average Bonchev–Trinajstić information content (AvgIpc) is 2.05. The first-order chi connectivity index (χ1) is 6.82. The first-order valence-corrected chi connectivity index (χ1v) is 6.19. The van der Waals surface area contributed by atoms with Gasteiger partial charge in [0.1, 0.15) is 15.7 Å². The molecule has 8 heteroatoms. The molecule has 0 fully saturated rings. The van der Waals surface area contributed by atoms with Crippen LogP contribution in [0.2, 0.25) is 5.02 Å². The normalized spacial score (nSPS) is 11.8. The minimum atomic E-state index is -4.08. The van der Waals surface area contributed by atoms with Gasteiger partial charge in [0.2, 0.25) is 0 Å². The highest BCUT2D eigenvalue weighted by molar-refractivity contribution is 8.13. The van der Waals surface area contributed by atoms with Crippen LogP contribution in [0.15, 0.2) is 23.1 Å². The van der Waals surface area contributed by atoms with E-state index in [0.717, 1.165) is 12.1 Å². The highest BCUT2D eigenvalue weighted by atomic mass is 35.7. The number of rotatable bonds is 3. The van der Waals surface area contributed by atoms with E-state index in [1.54, 1.807) is 0 Å². The summed E-state index contributed by atoms with van der Waals surface area (Å²) >= 11 is 5.52. The Balaban J connectivity index is 3.24. The van der Waals surface area contributed by atoms with E-state index in [1.807, 2.05) is 0 Å². The predicted molar refractivity (Wildman–Crippen MR) is 51.1 cm³/mol. The fourth-order valence-electron chi connectivity index (χ4n) is 0.866. The molecule has 0 aliphatic heterocycles. The molecule has 0 N–H and O–H groups in total. The van der Waals surface area contributed by atoms with Gasteiger partial charge in [-0.05, 0) is 12.1 Å². The predicted octanol–water partition coefficient (Wildman–Crippen LogP) is 2.87. The van der Waals surface area contributed by atoms with Gasteiger partial charge in [-0.25, -0.2) is 8.42 Å². The standard InChI is InChI=1S/C7H4Cl2F2O3S/c8-6-4(14-7(10)11)2-1-3-5(6)15(9,12)13/h1-3,7H. The molecule has 1 aromatic carbocycles. The van der Waals surface area contributed by atoms with Crippen LogP contribution in [0.5, 0.6) is 5.75 Å². The summed E-state index contributed by atoms with van der Waals surface area (Å²) in [4.78, 5) is -0.469. The zero-order valence-electron chi connectivity index (χ0n) is 6.95. The van der Waals surface area contributed by atoms with Crippen LogP contribution in [0.1, 0.15) is 0 Å². The van der Waals surface area contributed by atoms with Crippen molar-refractivity contribution >= 4 is 31.3 Å². The number of benzene rings is 1. The molecule has 0 saturated heterocycles. The van der Waals surface area contributed by atoms with Crippen molar-refractivity contribution in [2.24, 2.45) is 0 Å². The largest absolute Gasteiger partial charge is 0.433 e. The van der Waals surface area contributed by atoms with Gasteiger partial charge in [0.15, 0.2) is 0 Å². The second kappa shape index (κ2) is 4.51. The summed E-state index contributed by atoms with van der Waals surface area (Å²) in [6, 6.07) is 3.39. The van der Waals surface area contributed by atoms with E-state index in [0.29, 0.717) is 0 Å². The van der Waals surface area contributed by atoms with Gasteiger partial charge in [-0.1, -0.05) is 17.7 Å². The Morgan fingerprint density at radius 3 is 2.40 bits per heavy atom. The molecule has 1 rings (SSSR count). The molecule has 0 bridgehead atoms. The Bertz CT molecular complexity index is 461. The lowest BCUT2D eigenvalue weighted by atomic mass is 10.3. The van der Waals surface area contributed by atoms with Crippen molar-refractivity contribution in [2.75, 3.05) is 0 Å². The minimum Gasteiger partial charge on any atom is -0.433 e. The summed E-state index contributed by atoms with van der Waals surface area (Å²) in [7, 11) is 0.941. The molecule has 1 aromatic rings. The maximum absolute atomic E-state index is 11.9. The molecule has 0 spiro atoms. The SMILES string of the molecule is O=S(=O)(Cl)c1cccc(OC(F)F)c1Cl. The fourth-order valence-corrected chi connectivity index (χ4v) is 2.40. The van der Waals surface area contributed by atoms with Crippen LogP contribution in [-0.2, 0) is 9.05 Å². The summed E-state index contributed by atoms with van der Waals surface area (Å²) in [6.07, 6.45) is 0. The number of alkyl halides is 2. The highest BCUT2D eigenvalue weighted by Crippen LogP contribution is 2.33. The van der Waals surface area contributed by atoms with Gasteiger partial charge in [0.05, 0.1) is 0 Å². The lowest BCUT2D eigenvalue weighted by Gasteiger charge is -2.08. The van der Waals surface area contributed by atoms with E-state index in [9.17, 15) is 17.2 Å². The maximum atomic E-state index is 11.9. The molecule has 0 heterocycles. The van der Waals surface area contributed by atoms with E-state index >= 15 is 0 Å². The third-order valence-corrected chi connectivity index (χ3v) is 3.27. The van der Waals surface area contributed by atoms with Crippen LogP contribution < -0.4 is 4.74 Å².